The van der Waals surface area contributed by atoms with Crippen molar-refractivity contribution in [3.8, 4) is 17.1 Å². The van der Waals surface area contributed by atoms with Gasteiger partial charge >= 0.3 is 0 Å². The maximum Gasteiger partial charge on any atom is 0.274 e. The number of amides is 1. The molecule has 1 fully saturated rings. The fourth-order valence-corrected chi connectivity index (χ4v) is 4.10. The van der Waals surface area contributed by atoms with Crippen LogP contribution in [-0.4, -0.2) is 39.2 Å². The number of rotatable bonds is 4. The molecule has 1 aromatic heterocycles. The zero-order chi connectivity index (χ0) is 21.3. The van der Waals surface area contributed by atoms with Crippen molar-refractivity contribution in [3.05, 3.63) is 70.0 Å². The molecule has 0 radical (unpaired) electrons. The molecule has 2 aromatic carbocycles. The second kappa shape index (κ2) is 8.62. The first-order valence-corrected chi connectivity index (χ1v) is 10.7. The minimum absolute atomic E-state index is 0.152. The Balaban J connectivity index is 1.89. The number of benzene rings is 2. The zero-order valence-corrected chi connectivity index (χ0v) is 18.1. The first-order valence-electron chi connectivity index (χ1n) is 9.93. The molecule has 0 atom stereocenters. The van der Waals surface area contributed by atoms with Gasteiger partial charge in [0.25, 0.3) is 5.91 Å². The van der Waals surface area contributed by atoms with Crippen molar-refractivity contribution in [2.45, 2.75) is 26.2 Å². The number of hydrogen-bond acceptors (Lipinski definition) is 3. The highest BCUT2D eigenvalue weighted by Crippen LogP contribution is 2.32. The summed E-state index contributed by atoms with van der Waals surface area (Å²) >= 11 is 12.6. The van der Waals surface area contributed by atoms with Crippen LogP contribution in [0.1, 0.15) is 35.9 Å². The van der Waals surface area contributed by atoms with Crippen LogP contribution in [-0.2, 0) is 11.2 Å². The van der Waals surface area contributed by atoms with E-state index in [2.05, 4.69) is 0 Å². The molecular formula is C23H21Cl2N3O2. The first-order chi connectivity index (χ1) is 14.5. The summed E-state index contributed by atoms with van der Waals surface area (Å²) in [5.41, 5.74) is 2.80. The molecule has 4 rings (SSSR count). The van der Waals surface area contributed by atoms with Crippen LogP contribution in [0.5, 0.6) is 0 Å². The molecule has 7 heteroatoms. The molecule has 1 saturated heterocycles. The summed E-state index contributed by atoms with van der Waals surface area (Å²) in [5.74, 6) is 0.648. The molecule has 0 unspecified atom stereocenters. The largest absolute Gasteiger partial charge is 0.336 e. The fraction of sp³-hybridized carbons (Fsp3) is 0.261. The van der Waals surface area contributed by atoms with Crippen LogP contribution in [0.2, 0.25) is 10.0 Å². The highest BCUT2D eigenvalue weighted by molar-refractivity contribution is 6.33. The molecule has 1 aliphatic heterocycles. The Hall–Kier alpha value is -2.63. The predicted molar refractivity (Wildman–Crippen MR) is 119 cm³/mol. The summed E-state index contributed by atoms with van der Waals surface area (Å²) in [5, 5.41) is 1.19. The molecule has 3 aromatic rings. The monoisotopic (exact) mass is 441 g/mol. The fourth-order valence-electron chi connectivity index (χ4n) is 3.75. The topological polar surface area (TPSA) is 55.2 Å². The van der Waals surface area contributed by atoms with E-state index in [0.29, 0.717) is 53.9 Å². The van der Waals surface area contributed by atoms with Gasteiger partial charge in [-0.3, -0.25) is 14.2 Å². The molecule has 5 nitrogen and oxygen atoms in total. The van der Waals surface area contributed by atoms with Gasteiger partial charge in [-0.05, 0) is 42.8 Å². The number of carbonyl (C=O) groups excluding carboxylic acids is 2. The van der Waals surface area contributed by atoms with E-state index in [1.807, 2.05) is 54.0 Å². The number of imidazole rings is 1. The van der Waals surface area contributed by atoms with Gasteiger partial charge < -0.3 is 4.90 Å². The lowest BCUT2D eigenvalue weighted by Crippen LogP contribution is -2.39. The Kier molecular flexibility index (Phi) is 5.93. The second-order valence-corrected chi connectivity index (χ2v) is 8.05. The third-order valence-corrected chi connectivity index (χ3v) is 5.90. The average Bonchev–Trinajstić information content (AvgIpc) is 3.14. The van der Waals surface area contributed by atoms with Crippen LogP contribution in [0, 0.1) is 0 Å². The molecule has 1 amide bonds. The van der Waals surface area contributed by atoms with E-state index in [-0.39, 0.29) is 11.7 Å². The van der Waals surface area contributed by atoms with Gasteiger partial charge in [-0.15, -0.1) is 0 Å². The number of ketones is 1. The van der Waals surface area contributed by atoms with Crippen molar-refractivity contribution >= 4 is 34.9 Å². The van der Waals surface area contributed by atoms with Crippen LogP contribution in [0.3, 0.4) is 0 Å². The Morgan fingerprint density at radius 3 is 2.33 bits per heavy atom. The number of hydrogen-bond donors (Lipinski definition) is 0. The molecule has 1 aliphatic rings. The quantitative estimate of drug-likeness (QED) is 0.557. The van der Waals surface area contributed by atoms with Gasteiger partial charge in [0.05, 0.1) is 10.7 Å². The van der Waals surface area contributed by atoms with Crippen molar-refractivity contribution in [1.29, 1.82) is 0 Å². The van der Waals surface area contributed by atoms with Crippen LogP contribution in [0.15, 0.2) is 48.5 Å². The highest BCUT2D eigenvalue weighted by Gasteiger charge is 2.29. The number of nitrogens with zero attached hydrogens (tertiary/aromatic N) is 3. The number of halogens is 2. The smallest absolute Gasteiger partial charge is 0.274 e. The molecule has 0 aliphatic carbocycles. The number of likely N-dealkylation sites (tertiary alicyclic amines) is 1. The van der Waals surface area contributed by atoms with Gasteiger partial charge in [0, 0.05) is 42.2 Å². The minimum Gasteiger partial charge on any atom is -0.336 e. The van der Waals surface area contributed by atoms with E-state index in [1.54, 1.807) is 11.0 Å². The van der Waals surface area contributed by atoms with Crippen LogP contribution in [0.4, 0.5) is 0 Å². The summed E-state index contributed by atoms with van der Waals surface area (Å²) < 4.78 is 1.97. The summed E-state index contributed by atoms with van der Waals surface area (Å²) in [6.07, 6.45) is 1.39. The summed E-state index contributed by atoms with van der Waals surface area (Å²) in [4.78, 5) is 31.4. The maximum absolute atomic E-state index is 13.3. The number of aromatic nitrogens is 2. The van der Waals surface area contributed by atoms with Crippen LogP contribution < -0.4 is 0 Å². The van der Waals surface area contributed by atoms with Crippen molar-refractivity contribution in [1.82, 2.24) is 14.5 Å². The predicted octanol–water partition coefficient (Wildman–Crippen LogP) is 5.21. The lowest BCUT2D eigenvalue weighted by atomic mass is 10.1. The van der Waals surface area contributed by atoms with E-state index in [9.17, 15) is 9.59 Å². The van der Waals surface area contributed by atoms with Gasteiger partial charge in [0.15, 0.2) is 5.69 Å². The summed E-state index contributed by atoms with van der Waals surface area (Å²) in [6, 6.07) is 14.9. The third kappa shape index (κ3) is 3.87. The number of piperidine rings is 1. The standard InChI is InChI=1S/C23H21Cl2N3O2/c1-2-20-21(23(30)27-13-11-17(29)12-14-27)26-22(18-5-3-4-6-19(18)25)28(20)16-9-7-15(24)8-10-16/h3-10H,2,11-14H2,1H3. The van der Waals surface area contributed by atoms with Crippen LogP contribution >= 0.6 is 23.2 Å². The second-order valence-electron chi connectivity index (χ2n) is 7.21. The molecule has 0 spiro atoms. The highest BCUT2D eigenvalue weighted by atomic mass is 35.5. The zero-order valence-electron chi connectivity index (χ0n) is 16.6. The van der Waals surface area contributed by atoms with Gasteiger partial charge in [-0.2, -0.15) is 0 Å². The van der Waals surface area contributed by atoms with E-state index < -0.39 is 0 Å². The molecule has 0 saturated carbocycles. The molecular weight excluding hydrogens is 421 g/mol. The lowest BCUT2D eigenvalue weighted by Gasteiger charge is -2.25. The lowest BCUT2D eigenvalue weighted by molar-refractivity contribution is -0.120. The van der Waals surface area contributed by atoms with Crippen molar-refractivity contribution in [2.24, 2.45) is 0 Å². The normalized spacial score (nSPS) is 14.2. The Morgan fingerprint density at radius 2 is 1.70 bits per heavy atom. The Morgan fingerprint density at radius 1 is 1.03 bits per heavy atom. The van der Waals surface area contributed by atoms with Gasteiger partial charge in [0.1, 0.15) is 11.6 Å². The van der Waals surface area contributed by atoms with Gasteiger partial charge in [-0.1, -0.05) is 42.3 Å². The molecule has 30 heavy (non-hydrogen) atoms. The van der Waals surface area contributed by atoms with Crippen molar-refractivity contribution in [3.63, 3.8) is 0 Å². The Bertz CT molecular complexity index is 1100. The third-order valence-electron chi connectivity index (χ3n) is 5.32. The molecule has 0 bridgehead atoms. The SMILES string of the molecule is CCc1c(C(=O)N2CCC(=O)CC2)nc(-c2ccccc2Cl)n1-c1ccc(Cl)cc1. The first kappa shape index (κ1) is 20.6. The summed E-state index contributed by atoms with van der Waals surface area (Å²) in [6.45, 7) is 2.85. The van der Waals surface area contributed by atoms with Crippen molar-refractivity contribution in [2.75, 3.05) is 13.1 Å². The molecule has 0 N–H and O–H groups in total. The van der Waals surface area contributed by atoms with Gasteiger partial charge in [-0.25, -0.2) is 4.98 Å². The van der Waals surface area contributed by atoms with E-state index in [0.717, 1.165) is 16.9 Å². The van der Waals surface area contributed by atoms with E-state index in [4.69, 9.17) is 28.2 Å². The van der Waals surface area contributed by atoms with E-state index in [1.165, 1.54) is 0 Å². The maximum atomic E-state index is 13.3. The van der Waals surface area contributed by atoms with Crippen LogP contribution in [0.25, 0.3) is 17.1 Å². The van der Waals surface area contributed by atoms with E-state index >= 15 is 0 Å². The molecule has 154 valence electrons. The minimum atomic E-state index is -0.152. The van der Waals surface area contributed by atoms with Gasteiger partial charge in [0.2, 0.25) is 0 Å². The number of carbonyl (C=O) groups is 2. The number of Topliss-reactive ketones (excluding diaryl/α,β-unsaturated/α-hetero) is 1. The van der Waals surface area contributed by atoms with Crippen molar-refractivity contribution < 1.29 is 9.59 Å². The Labute approximate surface area is 185 Å². The molecule has 2 heterocycles. The summed E-state index contributed by atoms with van der Waals surface area (Å²) in [7, 11) is 0. The average molecular weight is 442 g/mol.